The molecule has 0 aliphatic heterocycles. The molecular weight excluding hydrogens is 274 g/mol. The molecule has 1 aliphatic carbocycles. The van der Waals surface area contributed by atoms with Gasteiger partial charge < -0.3 is 11.1 Å². The topological polar surface area (TPSA) is 85.1 Å². The van der Waals surface area contributed by atoms with Crippen LogP contribution in [0.3, 0.4) is 0 Å². The number of pyridine rings is 1. The van der Waals surface area contributed by atoms with Gasteiger partial charge >= 0.3 is 0 Å². The Hall–Kier alpha value is -1.14. The molecule has 0 radical (unpaired) electrons. The van der Waals surface area contributed by atoms with E-state index in [1.807, 2.05) is 0 Å². The zero-order valence-electron chi connectivity index (χ0n) is 11.9. The third-order valence-electron chi connectivity index (χ3n) is 4.15. The van der Waals surface area contributed by atoms with Crippen molar-refractivity contribution in [2.45, 2.75) is 37.0 Å². The highest BCUT2D eigenvalue weighted by atomic mass is 32.2. The minimum absolute atomic E-state index is 0.0740. The normalized spacial score (nSPS) is 18.7. The first-order valence-electron chi connectivity index (χ1n) is 7.06. The number of anilines is 1. The molecule has 1 aliphatic rings. The Morgan fingerprint density at radius 3 is 2.65 bits per heavy atom. The van der Waals surface area contributed by atoms with Crippen molar-refractivity contribution in [2.75, 3.05) is 24.7 Å². The van der Waals surface area contributed by atoms with E-state index in [1.54, 1.807) is 18.3 Å². The molecule has 1 heterocycles. The molecular formula is C14H23N3O2S. The van der Waals surface area contributed by atoms with Crippen molar-refractivity contribution in [3.8, 4) is 0 Å². The maximum Gasteiger partial charge on any atom is 0.179 e. The maximum atomic E-state index is 11.7. The van der Waals surface area contributed by atoms with Gasteiger partial charge in [-0.05, 0) is 36.9 Å². The van der Waals surface area contributed by atoms with Gasteiger partial charge in [0.25, 0.3) is 0 Å². The van der Waals surface area contributed by atoms with Crippen LogP contribution in [-0.4, -0.2) is 32.7 Å². The lowest BCUT2D eigenvalue weighted by atomic mass is 9.74. The number of hydrogen-bond acceptors (Lipinski definition) is 5. The summed E-state index contributed by atoms with van der Waals surface area (Å²) in [6, 6.07) is 3.22. The third-order valence-corrected chi connectivity index (χ3v) is 5.28. The lowest BCUT2D eigenvalue weighted by Crippen LogP contribution is -2.39. The summed E-state index contributed by atoms with van der Waals surface area (Å²) in [5.74, 6) is 0.438. The molecule has 0 saturated heterocycles. The predicted octanol–water partition coefficient (Wildman–Crippen LogP) is 1.81. The molecule has 0 amide bonds. The Kier molecular flexibility index (Phi) is 4.65. The minimum Gasteiger partial charge on any atom is -0.368 e. The van der Waals surface area contributed by atoms with Crippen LogP contribution in [-0.2, 0) is 9.84 Å². The highest BCUT2D eigenvalue weighted by molar-refractivity contribution is 7.90. The maximum absolute atomic E-state index is 11.7. The second kappa shape index (κ2) is 6.10. The van der Waals surface area contributed by atoms with Crippen LogP contribution >= 0.6 is 0 Å². The van der Waals surface area contributed by atoms with Gasteiger partial charge in [0.2, 0.25) is 0 Å². The van der Waals surface area contributed by atoms with Gasteiger partial charge in [-0.1, -0.05) is 19.3 Å². The predicted molar refractivity (Wildman–Crippen MR) is 80.4 cm³/mol. The largest absolute Gasteiger partial charge is 0.368 e. The number of rotatable bonds is 5. The van der Waals surface area contributed by atoms with Gasteiger partial charge in [0.1, 0.15) is 10.7 Å². The van der Waals surface area contributed by atoms with E-state index >= 15 is 0 Å². The molecule has 1 aromatic heterocycles. The number of nitrogens with two attached hydrogens (primary N) is 1. The average molecular weight is 297 g/mol. The summed E-state index contributed by atoms with van der Waals surface area (Å²) >= 11 is 0. The Labute approximate surface area is 120 Å². The molecule has 20 heavy (non-hydrogen) atoms. The van der Waals surface area contributed by atoms with Crippen molar-refractivity contribution in [3.05, 3.63) is 18.3 Å². The highest BCUT2D eigenvalue weighted by Crippen LogP contribution is 2.35. The van der Waals surface area contributed by atoms with Crippen molar-refractivity contribution in [1.82, 2.24) is 4.98 Å². The van der Waals surface area contributed by atoms with Crippen LogP contribution in [0, 0.1) is 5.41 Å². The van der Waals surface area contributed by atoms with Gasteiger partial charge in [0, 0.05) is 19.0 Å². The molecule has 0 aromatic carbocycles. The monoisotopic (exact) mass is 297 g/mol. The summed E-state index contributed by atoms with van der Waals surface area (Å²) in [7, 11) is -3.27. The van der Waals surface area contributed by atoms with E-state index in [9.17, 15) is 8.42 Å². The fraction of sp³-hybridized carbons (Fsp3) is 0.643. The Morgan fingerprint density at radius 1 is 1.35 bits per heavy atom. The second-order valence-corrected chi connectivity index (χ2v) is 7.72. The molecule has 0 unspecified atom stereocenters. The fourth-order valence-corrected chi connectivity index (χ4v) is 3.65. The summed E-state index contributed by atoms with van der Waals surface area (Å²) in [5.41, 5.74) is 6.02. The summed E-state index contributed by atoms with van der Waals surface area (Å²) in [4.78, 5) is 4.42. The third kappa shape index (κ3) is 3.49. The van der Waals surface area contributed by atoms with Crippen molar-refractivity contribution in [1.29, 1.82) is 0 Å². The molecule has 0 spiro atoms. The molecule has 0 atom stereocenters. The van der Waals surface area contributed by atoms with E-state index in [1.165, 1.54) is 25.5 Å². The standard InChI is InChI=1S/C14H23N3O2S/c1-20(18,19)12-6-5-9-16-13(12)17-11-14(10-15)7-3-2-4-8-14/h5-6,9H,2-4,7-8,10-11,15H2,1H3,(H,16,17). The van der Waals surface area contributed by atoms with E-state index in [-0.39, 0.29) is 10.3 Å². The number of nitrogens with zero attached hydrogens (tertiary/aromatic N) is 1. The molecule has 2 rings (SSSR count). The fourth-order valence-electron chi connectivity index (χ4n) is 2.85. The summed E-state index contributed by atoms with van der Waals surface area (Å²) in [5, 5.41) is 3.21. The molecule has 1 aromatic rings. The van der Waals surface area contributed by atoms with E-state index in [2.05, 4.69) is 10.3 Å². The number of sulfone groups is 1. The van der Waals surface area contributed by atoms with Gasteiger partial charge in [0.15, 0.2) is 9.84 Å². The van der Waals surface area contributed by atoms with E-state index < -0.39 is 9.84 Å². The SMILES string of the molecule is CS(=O)(=O)c1cccnc1NCC1(CN)CCCCC1. The molecule has 112 valence electrons. The summed E-state index contributed by atoms with van der Waals surface area (Å²) < 4.78 is 23.5. The molecule has 5 nitrogen and oxygen atoms in total. The number of nitrogens with one attached hydrogen (secondary N) is 1. The van der Waals surface area contributed by atoms with Crippen LogP contribution in [0.5, 0.6) is 0 Å². The first-order chi connectivity index (χ1) is 9.47. The summed E-state index contributed by atoms with van der Waals surface area (Å²) in [6.07, 6.45) is 8.65. The van der Waals surface area contributed by atoms with Gasteiger partial charge in [-0.3, -0.25) is 0 Å². The lowest BCUT2D eigenvalue weighted by molar-refractivity contribution is 0.215. The molecule has 0 bridgehead atoms. The van der Waals surface area contributed by atoms with Crippen molar-refractivity contribution in [2.24, 2.45) is 11.1 Å². The van der Waals surface area contributed by atoms with Crippen LogP contribution in [0.25, 0.3) is 0 Å². The van der Waals surface area contributed by atoms with Crippen molar-refractivity contribution in [3.63, 3.8) is 0 Å². The van der Waals surface area contributed by atoms with Crippen molar-refractivity contribution >= 4 is 15.7 Å². The van der Waals surface area contributed by atoms with Gasteiger partial charge in [0.05, 0.1) is 0 Å². The number of hydrogen-bond donors (Lipinski definition) is 2. The van der Waals surface area contributed by atoms with E-state index in [0.717, 1.165) is 12.8 Å². The van der Waals surface area contributed by atoms with Gasteiger partial charge in [-0.25, -0.2) is 13.4 Å². The zero-order chi connectivity index (χ0) is 14.6. The zero-order valence-corrected chi connectivity index (χ0v) is 12.7. The van der Waals surface area contributed by atoms with Crippen LogP contribution in [0.2, 0.25) is 0 Å². The van der Waals surface area contributed by atoms with Crippen molar-refractivity contribution < 1.29 is 8.42 Å². The van der Waals surface area contributed by atoms with Gasteiger partial charge in [-0.15, -0.1) is 0 Å². The van der Waals surface area contributed by atoms with Crippen LogP contribution in [0.4, 0.5) is 5.82 Å². The van der Waals surface area contributed by atoms with E-state index in [0.29, 0.717) is 18.9 Å². The lowest BCUT2D eigenvalue weighted by Gasteiger charge is -2.36. The molecule has 1 fully saturated rings. The van der Waals surface area contributed by atoms with E-state index in [4.69, 9.17) is 5.73 Å². The quantitative estimate of drug-likeness (QED) is 0.865. The first kappa shape index (κ1) is 15.3. The minimum atomic E-state index is -3.27. The molecule has 6 heteroatoms. The molecule has 1 saturated carbocycles. The summed E-state index contributed by atoms with van der Waals surface area (Å²) in [6.45, 7) is 1.31. The van der Waals surface area contributed by atoms with Gasteiger partial charge in [-0.2, -0.15) is 0 Å². The van der Waals surface area contributed by atoms with Crippen LogP contribution in [0.1, 0.15) is 32.1 Å². The smallest absolute Gasteiger partial charge is 0.179 e. The molecule has 3 N–H and O–H groups in total. The highest BCUT2D eigenvalue weighted by Gasteiger charge is 2.31. The first-order valence-corrected chi connectivity index (χ1v) is 8.95. The Bertz CT molecular complexity index is 551. The van der Waals surface area contributed by atoms with Crippen LogP contribution < -0.4 is 11.1 Å². The average Bonchev–Trinajstić information content (AvgIpc) is 2.45. The Balaban J connectivity index is 2.14. The number of aromatic nitrogens is 1. The second-order valence-electron chi connectivity index (χ2n) is 5.74. The Morgan fingerprint density at radius 2 is 2.05 bits per heavy atom. The van der Waals surface area contributed by atoms with Crippen LogP contribution in [0.15, 0.2) is 23.2 Å².